The molecule has 1 amide bonds. The molecule has 1 aliphatic heterocycles. The van der Waals surface area contributed by atoms with Gasteiger partial charge in [0.15, 0.2) is 0 Å². The van der Waals surface area contributed by atoms with E-state index in [1.807, 2.05) is 17.5 Å². The third kappa shape index (κ3) is 4.29. The van der Waals surface area contributed by atoms with E-state index in [-0.39, 0.29) is 23.2 Å². The van der Waals surface area contributed by atoms with Crippen LogP contribution in [0.15, 0.2) is 43.8 Å². The Morgan fingerprint density at radius 2 is 2.00 bits per heavy atom. The van der Waals surface area contributed by atoms with E-state index in [1.54, 1.807) is 39.8 Å². The van der Waals surface area contributed by atoms with Crippen molar-refractivity contribution in [3.63, 3.8) is 0 Å². The van der Waals surface area contributed by atoms with Crippen molar-refractivity contribution in [2.24, 2.45) is 0 Å². The lowest BCUT2D eigenvalue weighted by molar-refractivity contribution is -0.127. The zero-order valence-corrected chi connectivity index (χ0v) is 19.7. The molecule has 1 saturated heterocycles. The Hall–Kier alpha value is -2.34. The van der Waals surface area contributed by atoms with E-state index < -0.39 is 10.0 Å². The fourth-order valence-corrected chi connectivity index (χ4v) is 7.01. The summed E-state index contributed by atoms with van der Waals surface area (Å²) in [4.78, 5) is 19.5. The molecule has 2 fully saturated rings. The second kappa shape index (κ2) is 8.89. The summed E-state index contributed by atoms with van der Waals surface area (Å²) in [5.41, 5.74) is 0.649. The van der Waals surface area contributed by atoms with Crippen LogP contribution in [0.5, 0.6) is 0 Å². The lowest BCUT2D eigenvalue weighted by atomic mass is 9.85. The molecule has 168 valence electrons. The van der Waals surface area contributed by atoms with E-state index in [9.17, 15) is 13.2 Å². The van der Waals surface area contributed by atoms with Gasteiger partial charge in [0.25, 0.3) is 10.0 Å². The molecule has 3 aromatic heterocycles. The van der Waals surface area contributed by atoms with Gasteiger partial charge in [-0.3, -0.25) is 4.79 Å². The van der Waals surface area contributed by atoms with Gasteiger partial charge in [-0.1, -0.05) is 17.6 Å². The highest BCUT2D eigenvalue weighted by Gasteiger charge is 2.31. The first kappa shape index (κ1) is 21.5. The van der Waals surface area contributed by atoms with E-state index >= 15 is 0 Å². The molecule has 0 bridgehead atoms. The monoisotopic (exact) mass is 490 g/mol. The van der Waals surface area contributed by atoms with Gasteiger partial charge in [-0.15, -0.1) is 22.7 Å². The molecule has 1 aliphatic carbocycles. The lowest BCUT2D eigenvalue weighted by Gasteiger charge is -2.33. The molecule has 1 saturated carbocycles. The number of sulfonamides is 1. The number of nitrogens with zero attached hydrogens (tertiary/aromatic N) is 4. The summed E-state index contributed by atoms with van der Waals surface area (Å²) in [5, 5.41) is 7.73. The summed E-state index contributed by atoms with van der Waals surface area (Å²) in [6.07, 6.45) is 6.63. The number of hydrogen-bond acceptors (Lipinski definition) is 8. The van der Waals surface area contributed by atoms with Crippen LogP contribution in [0.3, 0.4) is 0 Å². The van der Waals surface area contributed by atoms with Gasteiger partial charge in [0, 0.05) is 54.0 Å². The van der Waals surface area contributed by atoms with E-state index in [1.165, 1.54) is 10.7 Å². The minimum Gasteiger partial charge on any atom is -0.339 e. The highest BCUT2D eigenvalue weighted by atomic mass is 32.2. The Morgan fingerprint density at radius 3 is 2.69 bits per heavy atom. The van der Waals surface area contributed by atoms with Gasteiger partial charge >= 0.3 is 0 Å². The van der Waals surface area contributed by atoms with Crippen LogP contribution < -0.4 is 0 Å². The van der Waals surface area contributed by atoms with Crippen molar-refractivity contribution in [3.8, 4) is 11.4 Å². The maximum Gasteiger partial charge on any atom is 0.252 e. The van der Waals surface area contributed by atoms with E-state index in [0.717, 1.165) is 29.1 Å². The Bertz CT molecular complexity index is 1220. The van der Waals surface area contributed by atoms with Crippen LogP contribution in [0.4, 0.5) is 0 Å². The molecule has 0 spiro atoms. The second-order valence-corrected chi connectivity index (χ2v) is 11.9. The Labute approximate surface area is 194 Å². The van der Waals surface area contributed by atoms with Crippen LogP contribution in [-0.2, 0) is 14.8 Å². The second-order valence-electron chi connectivity index (χ2n) is 7.82. The van der Waals surface area contributed by atoms with Crippen LogP contribution in [0.2, 0.25) is 0 Å². The van der Waals surface area contributed by atoms with E-state index in [2.05, 4.69) is 10.1 Å². The van der Waals surface area contributed by atoms with Crippen molar-refractivity contribution in [2.75, 3.05) is 26.2 Å². The van der Waals surface area contributed by atoms with Gasteiger partial charge in [-0.05, 0) is 36.4 Å². The number of carbonyl (C=O) groups is 1. The first-order valence-electron chi connectivity index (χ1n) is 10.4. The minimum absolute atomic E-state index is 0.103. The van der Waals surface area contributed by atoms with Gasteiger partial charge in [0.1, 0.15) is 4.21 Å². The fourth-order valence-electron chi connectivity index (χ4n) is 3.66. The molecule has 0 radical (unpaired) electrons. The molecule has 32 heavy (non-hydrogen) atoms. The van der Waals surface area contributed by atoms with Crippen molar-refractivity contribution in [1.29, 1.82) is 0 Å². The smallest absolute Gasteiger partial charge is 0.252 e. The average molecular weight is 491 g/mol. The maximum atomic E-state index is 13.1. The predicted molar refractivity (Wildman–Crippen MR) is 123 cm³/mol. The lowest BCUT2D eigenvalue weighted by Crippen LogP contribution is -2.50. The van der Waals surface area contributed by atoms with Crippen LogP contribution in [0.25, 0.3) is 17.5 Å². The number of carbonyl (C=O) groups excluding carboxylic acids is 1. The third-order valence-electron chi connectivity index (χ3n) is 5.81. The van der Waals surface area contributed by atoms with Gasteiger partial charge < -0.3 is 9.42 Å². The van der Waals surface area contributed by atoms with Gasteiger partial charge in [-0.25, -0.2) is 8.42 Å². The summed E-state index contributed by atoms with van der Waals surface area (Å²) < 4.78 is 33.3. The van der Waals surface area contributed by atoms with E-state index in [4.69, 9.17) is 4.52 Å². The largest absolute Gasteiger partial charge is 0.339 e. The summed E-state index contributed by atoms with van der Waals surface area (Å²) in [7, 11) is -3.64. The zero-order valence-electron chi connectivity index (χ0n) is 17.2. The zero-order chi connectivity index (χ0) is 22.1. The normalized spacial score (nSPS) is 18.3. The first-order chi connectivity index (χ1) is 15.5. The standard InChI is InChI=1S/C21H22N4O4S3/c26-18(7-6-17-5-2-12-30-17)24-8-10-25(11-9-24)32(27,28)19-13-16(14-31-19)20-22-21(29-23-20)15-3-1-4-15/h2,5-7,12-15H,1,3-4,8-11H2/b7-6+. The molecule has 8 nitrogen and oxygen atoms in total. The maximum absolute atomic E-state index is 13.1. The molecule has 0 N–H and O–H groups in total. The SMILES string of the molecule is O=C(/C=C/c1cccs1)N1CCN(S(=O)(=O)c2cc(-c3noc(C4CCC4)n3)cs2)CC1. The average Bonchev–Trinajstić information content (AvgIpc) is 3.52. The van der Waals surface area contributed by atoms with Crippen LogP contribution in [-0.4, -0.2) is 59.8 Å². The minimum atomic E-state index is -3.64. The fraction of sp³-hybridized carbons (Fsp3) is 0.381. The summed E-state index contributed by atoms with van der Waals surface area (Å²) >= 11 is 2.72. The molecule has 11 heteroatoms. The van der Waals surface area contributed by atoms with Crippen molar-refractivity contribution in [2.45, 2.75) is 29.4 Å². The topological polar surface area (TPSA) is 96.6 Å². The third-order valence-corrected chi connectivity index (χ3v) is 9.96. The highest BCUT2D eigenvalue weighted by molar-refractivity contribution is 7.91. The number of thiophene rings is 2. The molecule has 0 atom stereocenters. The highest BCUT2D eigenvalue weighted by Crippen LogP contribution is 2.37. The van der Waals surface area contributed by atoms with Crippen molar-refractivity contribution >= 4 is 44.7 Å². The molecule has 4 heterocycles. The Morgan fingerprint density at radius 1 is 1.19 bits per heavy atom. The first-order valence-corrected chi connectivity index (χ1v) is 13.6. The number of amides is 1. The quantitative estimate of drug-likeness (QED) is 0.489. The van der Waals surface area contributed by atoms with Crippen LogP contribution in [0, 0.1) is 0 Å². The molecular weight excluding hydrogens is 468 g/mol. The summed E-state index contributed by atoms with van der Waals surface area (Å²) in [6.45, 7) is 1.26. The summed E-state index contributed by atoms with van der Waals surface area (Å²) in [5.74, 6) is 1.29. The predicted octanol–water partition coefficient (Wildman–Crippen LogP) is 3.67. The van der Waals surface area contributed by atoms with Gasteiger partial charge in [0.05, 0.1) is 0 Å². The Balaban J connectivity index is 1.22. The van der Waals surface area contributed by atoms with Crippen molar-refractivity contribution in [1.82, 2.24) is 19.3 Å². The van der Waals surface area contributed by atoms with Crippen molar-refractivity contribution in [3.05, 3.63) is 45.8 Å². The van der Waals surface area contributed by atoms with Crippen LogP contribution >= 0.6 is 22.7 Å². The molecule has 3 aromatic rings. The van der Waals surface area contributed by atoms with Gasteiger partial charge in [-0.2, -0.15) is 9.29 Å². The molecule has 2 aliphatic rings. The number of rotatable bonds is 6. The molecular formula is C21H22N4O4S3. The Kier molecular flexibility index (Phi) is 5.97. The van der Waals surface area contributed by atoms with E-state index in [0.29, 0.717) is 36.3 Å². The number of hydrogen-bond donors (Lipinski definition) is 0. The number of aromatic nitrogens is 2. The van der Waals surface area contributed by atoms with Crippen LogP contribution in [0.1, 0.15) is 35.9 Å². The van der Waals surface area contributed by atoms with Crippen molar-refractivity contribution < 1.29 is 17.7 Å². The number of piperazine rings is 1. The molecule has 0 aromatic carbocycles. The summed E-state index contributed by atoms with van der Waals surface area (Å²) in [6, 6.07) is 5.48. The molecule has 0 unspecified atom stereocenters. The molecule has 5 rings (SSSR count). The van der Waals surface area contributed by atoms with Gasteiger partial charge in [0.2, 0.25) is 17.6 Å².